The number of nitrogens with zero attached hydrogens (tertiary/aromatic N) is 2. The molecule has 1 amide bonds. The van der Waals surface area contributed by atoms with Crippen LogP contribution in [0.2, 0.25) is 10.0 Å². The number of fused-ring (bicyclic) bond motifs is 1. The van der Waals surface area contributed by atoms with Crippen LogP contribution in [0.15, 0.2) is 46.3 Å². The Hall–Kier alpha value is -3.43. The quantitative estimate of drug-likeness (QED) is 0.216. The second kappa shape index (κ2) is 9.80. The minimum atomic E-state index is -1.40. The normalized spacial score (nSPS) is 12.4. The van der Waals surface area contributed by atoms with Crippen molar-refractivity contribution in [1.82, 2.24) is 9.97 Å². The van der Waals surface area contributed by atoms with Crippen molar-refractivity contribution in [3.8, 4) is 0 Å². The third-order valence-corrected chi connectivity index (χ3v) is 5.44. The van der Waals surface area contributed by atoms with E-state index in [1.54, 1.807) is 37.3 Å². The van der Waals surface area contributed by atoms with E-state index >= 15 is 0 Å². The Labute approximate surface area is 192 Å². The molecule has 3 N–H and O–H groups in total. The summed E-state index contributed by atoms with van der Waals surface area (Å²) in [6.45, 7) is 1.69. The van der Waals surface area contributed by atoms with E-state index in [1.807, 2.05) is 0 Å². The minimum Gasteiger partial charge on any atom is -0.468 e. The van der Waals surface area contributed by atoms with Gasteiger partial charge in [-0.15, -0.1) is 0 Å². The molecule has 0 aliphatic heterocycles. The summed E-state index contributed by atoms with van der Waals surface area (Å²) in [7, 11) is 1.11. The van der Waals surface area contributed by atoms with E-state index in [-0.39, 0.29) is 12.1 Å². The van der Waals surface area contributed by atoms with E-state index in [1.165, 1.54) is 6.07 Å². The fraction of sp³-hybridized carbons (Fsp3) is 0.190. The number of oxime groups is 1. The molecule has 0 saturated heterocycles. The summed E-state index contributed by atoms with van der Waals surface area (Å²) in [5.74, 6) is -3.15. The largest absolute Gasteiger partial charge is 0.468 e. The van der Waals surface area contributed by atoms with Crippen molar-refractivity contribution in [2.75, 3.05) is 12.4 Å². The molecule has 1 atom stereocenters. The smallest absolute Gasteiger partial charge is 0.315 e. The van der Waals surface area contributed by atoms with Gasteiger partial charge in [-0.05, 0) is 42.8 Å². The number of methoxy groups -OCH3 is 1. The predicted molar refractivity (Wildman–Crippen MR) is 121 cm³/mol. The Morgan fingerprint density at radius 3 is 2.72 bits per heavy atom. The lowest BCUT2D eigenvalue weighted by Gasteiger charge is -2.16. The van der Waals surface area contributed by atoms with Gasteiger partial charge in [0.1, 0.15) is 11.6 Å². The summed E-state index contributed by atoms with van der Waals surface area (Å²) < 4.78 is 4.76. The number of aromatic amines is 1. The number of carbonyl (C=O) groups excluding carboxylic acids is 2. The molecule has 32 heavy (non-hydrogen) atoms. The number of ether oxygens (including phenoxy) is 1. The van der Waals surface area contributed by atoms with Crippen LogP contribution in [0.25, 0.3) is 11.0 Å². The molecule has 3 aromatic rings. The van der Waals surface area contributed by atoms with Gasteiger partial charge in [0.2, 0.25) is 0 Å². The first-order valence-corrected chi connectivity index (χ1v) is 10.1. The second-order valence-corrected chi connectivity index (χ2v) is 7.65. The van der Waals surface area contributed by atoms with Crippen LogP contribution in [0.4, 0.5) is 5.69 Å². The van der Waals surface area contributed by atoms with Crippen molar-refractivity contribution in [3.63, 3.8) is 0 Å². The summed E-state index contributed by atoms with van der Waals surface area (Å²) in [6.07, 6.45) is -0.345. The molecule has 0 aliphatic carbocycles. The highest BCUT2D eigenvalue weighted by Gasteiger charge is 2.33. The maximum atomic E-state index is 12.8. The van der Waals surface area contributed by atoms with Gasteiger partial charge in [-0.1, -0.05) is 34.4 Å². The maximum absolute atomic E-state index is 12.8. The van der Waals surface area contributed by atoms with Crippen LogP contribution in [0.3, 0.4) is 0 Å². The number of hydrogen-bond donors (Lipinski definition) is 3. The molecule has 0 radical (unpaired) electrons. The standard InChI is InChI=1S/C21H18Cl2N4O5/c1-10-13(23)4-3-5-14(10)25-20(29)18(27-31)12(21(30)32-2)9-17-19(28)26-16-8-11(22)6-7-15(16)24-17/h3-8,12,31H,9H2,1-2H3,(H,25,29)(H,26,28)/b27-18-. The molecular weight excluding hydrogens is 459 g/mol. The molecule has 0 fully saturated rings. The Morgan fingerprint density at radius 1 is 1.28 bits per heavy atom. The minimum absolute atomic E-state index is 0.0527. The van der Waals surface area contributed by atoms with Gasteiger partial charge in [-0.25, -0.2) is 4.98 Å². The van der Waals surface area contributed by atoms with Crippen LogP contribution in [-0.2, 0) is 20.7 Å². The van der Waals surface area contributed by atoms with Gasteiger partial charge >= 0.3 is 5.97 Å². The van der Waals surface area contributed by atoms with Crippen LogP contribution in [0, 0.1) is 12.8 Å². The van der Waals surface area contributed by atoms with Crippen LogP contribution in [0.5, 0.6) is 0 Å². The molecule has 0 saturated carbocycles. The topological polar surface area (TPSA) is 134 Å². The zero-order valence-corrected chi connectivity index (χ0v) is 18.5. The molecule has 1 heterocycles. The van der Waals surface area contributed by atoms with Crippen molar-refractivity contribution in [3.05, 3.63) is 68.1 Å². The number of rotatable bonds is 6. The molecule has 11 heteroatoms. The fourth-order valence-electron chi connectivity index (χ4n) is 3.06. The number of aromatic nitrogens is 2. The number of halogens is 2. The molecule has 0 bridgehead atoms. The zero-order valence-electron chi connectivity index (χ0n) is 17.0. The Bertz CT molecular complexity index is 1290. The van der Waals surface area contributed by atoms with E-state index in [2.05, 4.69) is 20.4 Å². The molecular formula is C21H18Cl2N4O5. The van der Waals surface area contributed by atoms with Crippen LogP contribution in [0.1, 0.15) is 11.3 Å². The van der Waals surface area contributed by atoms with E-state index in [0.29, 0.717) is 32.3 Å². The summed E-state index contributed by atoms with van der Waals surface area (Å²) in [5, 5.41) is 15.9. The molecule has 0 spiro atoms. The van der Waals surface area contributed by atoms with E-state index in [9.17, 15) is 19.6 Å². The van der Waals surface area contributed by atoms with Crippen molar-refractivity contribution >= 4 is 57.5 Å². The molecule has 2 aromatic carbocycles. The third-order valence-electron chi connectivity index (χ3n) is 4.79. The predicted octanol–water partition coefficient (Wildman–Crippen LogP) is 3.34. The first-order valence-electron chi connectivity index (χ1n) is 9.29. The lowest BCUT2D eigenvalue weighted by atomic mass is 9.96. The van der Waals surface area contributed by atoms with Crippen molar-refractivity contribution in [2.24, 2.45) is 11.1 Å². The summed E-state index contributed by atoms with van der Waals surface area (Å²) in [4.78, 5) is 44.7. The monoisotopic (exact) mass is 476 g/mol. The van der Waals surface area contributed by atoms with Crippen molar-refractivity contribution in [2.45, 2.75) is 13.3 Å². The Kier molecular flexibility index (Phi) is 7.12. The van der Waals surface area contributed by atoms with Gasteiger partial charge < -0.3 is 20.2 Å². The number of nitrogens with one attached hydrogen (secondary N) is 2. The van der Waals surface area contributed by atoms with Gasteiger partial charge in [-0.3, -0.25) is 14.4 Å². The summed E-state index contributed by atoms with van der Waals surface area (Å²) in [5.41, 5.74) is 0.598. The highest BCUT2D eigenvalue weighted by atomic mass is 35.5. The SMILES string of the molecule is COC(=O)C(Cc1nc2ccc(Cl)cc2[nH]c1=O)/C(=N/O)C(=O)Nc1cccc(Cl)c1C. The zero-order chi connectivity index (χ0) is 23.4. The van der Waals surface area contributed by atoms with Gasteiger partial charge in [0.25, 0.3) is 11.5 Å². The first-order chi connectivity index (χ1) is 15.2. The molecule has 166 valence electrons. The third kappa shape index (κ3) is 4.90. The summed E-state index contributed by atoms with van der Waals surface area (Å²) >= 11 is 12.0. The van der Waals surface area contributed by atoms with Crippen molar-refractivity contribution < 1.29 is 19.5 Å². The molecule has 1 unspecified atom stereocenters. The average molecular weight is 477 g/mol. The number of carbonyl (C=O) groups is 2. The highest BCUT2D eigenvalue weighted by molar-refractivity contribution is 6.46. The van der Waals surface area contributed by atoms with E-state index in [4.69, 9.17) is 27.9 Å². The van der Waals surface area contributed by atoms with Crippen LogP contribution >= 0.6 is 23.2 Å². The number of amides is 1. The van der Waals surface area contributed by atoms with E-state index < -0.39 is 29.1 Å². The lowest BCUT2D eigenvalue weighted by Crippen LogP contribution is -2.38. The molecule has 3 rings (SSSR count). The number of H-pyrrole nitrogens is 1. The number of anilines is 1. The Balaban J connectivity index is 1.95. The van der Waals surface area contributed by atoms with Crippen molar-refractivity contribution in [1.29, 1.82) is 0 Å². The second-order valence-electron chi connectivity index (χ2n) is 6.81. The molecule has 9 nitrogen and oxygen atoms in total. The average Bonchev–Trinajstić information content (AvgIpc) is 2.76. The van der Waals surface area contributed by atoms with Gasteiger partial charge in [0, 0.05) is 22.2 Å². The number of hydrogen-bond acceptors (Lipinski definition) is 7. The van der Waals surface area contributed by atoms with Crippen LogP contribution in [-0.4, -0.2) is 39.9 Å². The molecule has 0 aliphatic rings. The van der Waals surface area contributed by atoms with E-state index in [0.717, 1.165) is 7.11 Å². The highest BCUT2D eigenvalue weighted by Crippen LogP contribution is 2.23. The first kappa shape index (κ1) is 23.2. The van der Waals surface area contributed by atoms with Crippen LogP contribution < -0.4 is 10.9 Å². The van der Waals surface area contributed by atoms with Gasteiger partial charge in [0.05, 0.1) is 18.1 Å². The summed E-state index contributed by atoms with van der Waals surface area (Å²) in [6, 6.07) is 9.60. The number of esters is 1. The lowest BCUT2D eigenvalue weighted by molar-refractivity contribution is -0.143. The number of benzene rings is 2. The molecule has 1 aromatic heterocycles. The Morgan fingerprint density at radius 2 is 2.03 bits per heavy atom. The van der Waals surface area contributed by atoms with Gasteiger partial charge in [0.15, 0.2) is 5.71 Å². The maximum Gasteiger partial charge on any atom is 0.315 e. The fourth-order valence-corrected chi connectivity index (χ4v) is 3.41. The van der Waals surface area contributed by atoms with Gasteiger partial charge in [-0.2, -0.15) is 0 Å².